The molecule has 0 aliphatic heterocycles. The van der Waals surface area contributed by atoms with Crippen molar-refractivity contribution in [3.05, 3.63) is 69.5 Å². The van der Waals surface area contributed by atoms with Gasteiger partial charge in [-0.25, -0.2) is 4.39 Å². The van der Waals surface area contributed by atoms with Crippen molar-refractivity contribution in [2.75, 3.05) is 24.3 Å². The fourth-order valence-electron chi connectivity index (χ4n) is 3.07. The van der Waals surface area contributed by atoms with Crippen LogP contribution >= 0.6 is 11.6 Å². The fourth-order valence-corrected chi connectivity index (χ4v) is 3.24. The van der Waals surface area contributed by atoms with Gasteiger partial charge in [0, 0.05) is 49.7 Å². The van der Waals surface area contributed by atoms with Gasteiger partial charge in [-0.15, -0.1) is 0 Å². The third-order valence-corrected chi connectivity index (χ3v) is 4.57. The molecule has 7 nitrogen and oxygen atoms in total. The van der Waals surface area contributed by atoms with Crippen LogP contribution < -0.4 is 39.7 Å². The first kappa shape index (κ1) is 23.5. The Balaban J connectivity index is 0.00000320. The van der Waals surface area contributed by atoms with E-state index in [2.05, 4.69) is 10.3 Å². The van der Waals surface area contributed by atoms with Gasteiger partial charge in [-0.1, -0.05) is 11.6 Å². The van der Waals surface area contributed by atoms with Crippen LogP contribution in [0.2, 0.25) is 5.02 Å². The zero-order valence-corrected chi connectivity index (χ0v) is 17.6. The van der Waals surface area contributed by atoms with E-state index in [4.69, 9.17) is 11.6 Å². The predicted octanol–water partition coefficient (Wildman–Crippen LogP) is -0.583. The van der Waals surface area contributed by atoms with Crippen molar-refractivity contribution in [2.24, 2.45) is 7.05 Å². The molecule has 2 aromatic heterocycles. The van der Waals surface area contributed by atoms with Gasteiger partial charge in [-0.3, -0.25) is 14.3 Å². The van der Waals surface area contributed by atoms with Crippen LogP contribution in [0.15, 0.2) is 47.5 Å². The van der Waals surface area contributed by atoms with Crippen molar-refractivity contribution in [2.45, 2.75) is 0 Å². The molecule has 0 amide bonds. The second kappa shape index (κ2) is 9.35. The predicted molar refractivity (Wildman–Crippen MR) is 108 cm³/mol. The molecule has 0 atom stereocenters. The first-order valence-electron chi connectivity index (χ1n) is 8.50. The number of pyridine rings is 2. The Morgan fingerprint density at radius 2 is 1.90 bits per heavy atom. The summed E-state index contributed by atoms with van der Waals surface area (Å²) >= 11 is 5.99. The van der Waals surface area contributed by atoms with E-state index < -0.39 is 17.3 Å². The summed E-state index contributed by atoms with van der Waals surface area (Å²) in [5.74, 6) is -1.55. The van der Waals surface area contributed by atoms with Gasteiger partial charge in [0.1, 0.15) is 11.6 Å². The van der Waals surface area contributed by atoms with E-state index in [9.17, 15) is 19.1 Å². The summed E-state index contributed by atoms with van der Waals surface area (Å²) < 4.78 is 15.8. The minimum absolute atomic E-state index is 0. The SMILES string of the molecule is CN(C)c1c(Nc2ccncc2C(=O)[O-])cc(-c2cc(Cl)ccc2F)c(=O)n1C.[Li+]. The molecule has 0 unspecified atom stereocenters. The zero-order chi connectivity index (χ0) is 21.3. The molecule has 0 radical (unpaired) electrons. The topological polar surface area (TPSA) is 90.3 Å². The maximum absolute atomic E-state index is 14.4. The molecule has 2 heterocycles. The normalized spacial score (nSPS) is 10.3. The smallest absolute Gasteiger partial charge is 0.545 e. The van der Waals surface area contributed by atoms with Crippen LogP contribution in [-0.2, 0) is 7.05 Å². The van der Waals surface area contributed by atoms with Crippen molar-refractivity contribution < 1.29 is 33.2 Å². The average molecular weight is 423 g/mol. The van der Waals surface area contributed by atoms with Crippen molar-refractivity contribution >= 4 is 34.8 Å². The Bertz CT molecular complexity index is 1170. The summed E-state index contributed by atoms with van der Waals surface area (Å²) in [6.07, 6.45) is 2.58. The molecule has 150 valence electrons. The van der Waals surface area contributed by atoms with E-state index in [0.717, 1.165) is 6.20 Å². The molecule has 30 heavy (non-hydrogen) atoms. The summed E-state index contributed by atoms with van der Waals surface area (Å²) in [5, 5.41) is 14.7. The molecule has 0 aliphatic carbocycles. The summed E-state index contributed by atoms with van der Waals surface area (Å²) in [6, 6.07) is 6.87. The number of hydrogen-bond acceptors (Lipinski definition) is 6. The molecule has 10 heteroatoms. The van der Waals surface area contributed by atoms with E-state index in [1.807, 2.05) is 0 Å². The monoisotopic (exact) mass is 422 g/mol. The molecule has 0 saturated carbocycles. The Hall–Kier alpha value is -2.79. The van der Waals surface area contributed by atoms with Crippen LogP contribution in [0.5, 0.6) is 0 Å². The molecular formula is C20H17ClFLiN4O3. The first-order chi connectivity index (χ1) is 13.7. The van der Waals surface area contributed by atoms with Gasteiger partial charge in [-0.05, 0) is 30.3 Å². The van der Waals surface area contributed by atoms with Crippen LogP contribution in [0.1, 0.15) is 10.4 Å². The number of carbonyl (C=O) groups excluding carboxylic acids is 1. The van der Waals surface area contributed by atoms with Gasteiger partial charge >= 0.3 is 18.9 Å². The number of carboxylic acids is 1. The third kappa shape index (κ3) is 4.51. The number of halogens is 2. The third-order valence-electron chi connectivity index (χ3n) is 4.33. The largest absolute Gasteiger partial charge is 1.00 e. The van der Waals surface area contributed by atoms with Crippen molar-refractivity contribution in [1.29, 1.82) is 0 Å². The Kier molecular flexibility index (Phi) is 7.32. The summed E-state index contributed by atoms with van der Waals surface area (Å²) in [5.41, 5.74) is 0.141. The summed E-state index contributed by atoms with van der Waals surface area (Å²) in [7, 11) is 5.00. The second-order valence-corrected chi connectivity index (χ2v) is 6.95. The molecule has 1 aromatic carbocycles. The average Bonchev–Trinajstić information content (AvgIpc) is 2.66. The van der Waals surface area contributed by atoms with Crippen LogP contribution in [0.25, 0.3) is 11.1 Å². The van der Waals surface area contributed by atoms with Crippen LogP contribution in [0.4, 0.5) is 21.6 Å². The first-order valence-corrected chi connectivity index (χ1v) is 8.87. The van der Waals surface area contributed by atoms with Crippen LogP contribution in [0.3, 0.4) is 0 Å². The second-order valence-electron chi connectivity index (χ2n) is 6.51. The number of nitrogens with one attached hydrogen (secondary N) is 1. The molecule has 0 aliphatic rings. The molecule has 0 fully saturated rings. The van der Waals surface area contributed by atoms with Crippen molar-refractivity contribution in [1.82, 2.24) is 9.55 Å². The number of carbonyl (C=O) groups is 1. The van der Waals surface area contributed by atoms with Gasteiger partial charge in [0.15, 0.2) is 0 Å². The molecule has 0 saturated heterocycles. The van der Waals surface area contributed by atoms with Crippen LogP contribution in [-0.4, -0.2) is 29.6 Å². The van der Waals surface area contributed by atoms with Gasteiger partial charge in [0.2, 0.25) is 0 Å². The molecular weight excluding hydrogens is 406 g/mol. The number of anilines is 3. The Morgan fingerprint density at radius 1 is 1.20 bits per heavy atom. The summed E-state index contributed by atoms with van der Waals surface area (Å²) in [6.45, 7) is 0. The quantitative estimate of drug-likeness (QED) is 0.553. The number of hydrogen-bond donors (Lipinski definition) is 1. The van der Waals surface area contributed by atoms with E-state index in [-0.39, 0.29) is 46.3 Å². The van der Waals surface area contributed by atoms with Crippen molar-refractivity contribution in [3.8, 4) is 11.1 Å². The van der Waals surface area contributed by atoms with E-state index >= 15 is 0 Å². The summed E-state index contributed by atoms with van der Waals surface area (Å²) in [4.78, 5) is 29.8. The Morgan fingerprint density at radius 3 is 2.53 bits per heavy atom. The van der Waals surface area contributed by atoms with Gasteiger partial charge in [0.25, 0.3) is 5.56 Å². The van der Waals surface area contributed by atoms with Crippen LogP contribution in [0, 0.1) is 5.82 Å². The van der Waals surface area contributed by atoms with Crippen molar-refractivity contribution in [3.63, 3.8) is 0 Å². The molecule has 0 spiro atoms. The number of aromatic nitrogens is 2. The number of carboxylic acid groups (broad SMARTS) is 1. The number of benzene rings is 1. The maximum atomic E-state index is 14.4. The molecule has 0 bridgehead atoms. The van der Waals surface area contributed by atoms with E-state index in [1.54, 1.807) is 26.0 Å². The number of aromatic carboxylic acids is 1. The maximum Gasteiger partial charge on any atom is 1.00 e. The zero-order valence-electron chi connectivity index (χ0n) is 16.9. The van der Waals surface area contributed by atoms with Gasteiger partial charge in [0.05, 0.1) is 22.9 Å². The Labute approximate surface area is 189 Å². The molecule has 3 aromatic rings. The molecule has 3 rings (SSSR count). The standard InChI is InChI=1S/C20H18ClFN4O3.Li/c1-25(2)18-17(24-16-6-7-23-10-14(16)20(28)29)9-13(19(27)26(18)3)12-8-11(21)4-5-15(12)22;/h4-10H,1-3H3,(H,23,24)(H,28,29);/q;+1/p-1. The minimum Gasteiger partial charge on any atom is -0.545 e. The number of rotatable bonds is 5. The van der Waals surface area contributed by atoms with Gasteiger partial charge in [-0.2, -0.15) is 0 Å². The number of nitrogens with zero attached hydrogens (tertiary/aromatic N) is 3. The van der Waals surface area contributed by atoms with E-state index in [0.29, 0.717) is 11.5 Å². The van der Waals surface area contributed by atoms with E-state index in [1.165, 1.54) is 41.1 Å². The molecule has 1 N–H and O–H groups in total. The minimum atomic E-state index is -1.40. The fraction of sp³-hybridized carbons (Fsp3) is 0.150. The van der Waals surface area contributed by atoms with Gasteiger partial charge < -0.3 is 20.1 Å².